The van der Waals surface area contributed by atoms with Crippen LogP contribution in [0.4, 0.5) is 0 Å². The molecule has 1 saturated carbocycles. The van der Waals surface area contributed by atoms with Crippen LogP contribution in [0.1, 0.15) is 45.6 Å². The molecule has 19 heavy (non-hydrogen) atoms. The third-order valence-corrected chi connectivity index (χ3v) is 5.19. The average molecular weight is 324 g/mol. The standard InChI is InChI=1S/C17H26BrN/c1-4-19-16(15-6-5-11-17(15,2)3)12-13-7-9-14(18)10-8-13/h7-10,15-16,19H,4-6,11-12H2,1-3H3. The van der Waals surface area contributed by atoms with Crippen molar-refractivity contribution in [3.63, 3.8) is 0 Å². The third-order valence-electron chi connectivity index (χ3n) is 4.66. The molecule has 0 heterocycles. The second-order valence-corrected chi connectivity index (χ2v) is 7.40. The fraction of sp³-hybridized carbons (Fsp3) is 0.647. The quantitative estimate of drug-likeness (QED) is 0.821. The van der Waals surface area contributed by atoms with E-state index in [-0.39, 0.29) is 0 Å². The van der Waals surface area contributed by atoms with Crippen LogP contribution in [0.2, 0.25) is 0 Å². The first kappa shape index (κ1) is 15.1. The molecule has 0 aromatic heterocycles. The zero-order valence-electron chi connectivity index (χ0n) is 12.4. The van der Waals surface area contributed by atoms with Gasteiger partial charge in [-0.1, -0.05) is 55.3 Å². The molecular formula is C17H26BrN. The lowest BCUT2D eigenvalue weighted by Crippen LogP contribution is -2.42. The Balaban J connectivity index is 2.09. The third kappa shape index (κ3) is 3.82. The molecule has 0 aliphatic heterocycles. The van der Waals surface area contributed by atoms with E-state index in [4.69, 9.17) is 0 Å². The van der Waals surface area contributed by atoms with Crippen LogP contribution in [-0.4, -0.2) is 12.6 Å². The Labute approximate surface area is 126 Å². The van der Waals surface area contributed by atoms with Crippen LogP contribution in [0.5, 0.6) is 0 Å². The van der Waals surface area contributed by atoms with Crippen molar-refractivity contribution < 1.29 is 0 Å². The van der Waals surface area contributed by atoms with Crippen LogP contribution in [0, 0.1) is 11.3 Å². The van der Waals surface area contributed by atoms with E-state index < -0.39 is 0 Å². The zero-order valence-corrected chi connectivity index (χ0v) is 14.0. The fourth-order valence-corrected chi connectivity index (χ4v) is 3.86. The second kappa shape index (κ2) is 6.41. The molecule has 0 saturated heterocycles. The van der Waals surface area contributed by atoms with Crippen molar-refractivity contribution in [1.82, 2.24) is 5.32 Å². The van der Waals surface area contributed by atoms with Gasteiger partial charge in [-0.05, 0) is 54.8 Å². The second-order valence-electron chi connectivity index (χ2n) is 6.48. The number of nitrogens with one attached hydrogen (secondary N) is 1. The summed E-state index contributed by atoms with van der Waals surface area (Å²) in [5, 5.41) is 3.73. The van der Waals surface area contributed by atoms with Gasteiger partial charge in [0.2, 0.25) is 0 Å². The molecule has 1 aliphatic rings. The normalized spacial score (nSPS) is 23.5. The molecule has 0 radical (unpaired) electrons. The molecule has 1 N–H and O–H groups in total. The van der Waals surface area contributed by atoms with E-state index in [2.05, 4.69) is 66.3 Å². The first-order chi connectivity index (χ1) is 9.03. The molecule has 2 atom stereocenters. The summed E-state index contributed by atoms with van der Waals surface area (Å²) in [4.78, 5) is 0. The van der Waals surface area contributed by atoms with E-state index in [1.165, 1.54) is 24.8 Å². The number of halogens is 1. The molecule has 0 spiro atoms. The van der Waals surface area contributed by atoms with E-state index in [1.54, 1.807) is 0 Å². The summed E-state index contributed by atoms with van der Waals surface area (Å²) in [7, 11) is 0. The summed E-state index contributed by atoms with van der Waals surface area (Å²) < 4.78 is 1.16. The summed E-state index contributed by atoms with van der Waals surface area (Å²) in [6.07, 6.45) is 5.29. The van der Waals surface area contributed by atoms with Gasteiger partial charge in [0.25, 0.3) is 0 Å². The largest absolute Gasteiger partial charge is 0.314 e. The molecule has 0 amide bonds. The van der Waals surface area contributed by atoms with Crippen molar-refractivity contribution in [2.24, 2.45) is 11.3 Å². The van der Waals surface area contributed by atoms with Crippen molar-refractivity contribution in [2.45, 2.75) is 52.5 Å². The molecule has 2 rings (SSSR count). The zero-order chi connectivity index (χ0) is 13.9. The molecule has 0 bridgehead atoms. The maximum Gasteiger partial charge on any atom is 0.0175 e. The van der Waals surface area contributed by atoms with Crippen molar-refractivity contribution in [2.75, 3.05) is 6.54 Å². The van der Waals surface area contributed by atoms with E-state index in [9.17, 15) is 0 Å². The summed E-state index contributed by atoms with van der Waals surface area (Å²) in [6, 6.07) is 9.41. The lowest BCUT2D eigenvalue weighted by molar-refractivity contribution is 0.197. The molecule has 2 heteroatoms. The van der Waals surface area contributed by atoms with Gasteiger partial charge in [0, 0.05) is 10.5 Å². The number of likely N-dealkylation sites (N-methyl/N-ethyl adjacent to an activating group) is 1. The fourth-order valence-electron chi connectivity index (χ4n) is 3.59. The van der Waals surface area contributed by atoms with Crippen LogP contribution in [0.25, 0.3) is 0 Å². The predicted molar refractivity (Wildman–Crippen MR) is 86.4 cm³/mol. The molecular weight excluding hydrogens is 298 g/mol. The van der Waals surface area contributed by atoms with Crippen LogP contribution in [0.3, 0.4) is 0 Å². The maximum absolute atomic E-state index is 3.73. The molecule has 1 fully saturated rings. The van der Waals surface area contributed by atoms with Gasteiger partial charge in [-0.3, -0.25) is 0 Å². The smallest absolute Gasteiger partial charge is 0.0175 e. The van der Waals surface area contributed by atoms with Crippen LogP contribution < -0.4 is 5.32 Å². The highest BCUT2D eigenvalue weighted by molar-refractivity contribution is 9.10. The topological polar surface area (TPSA) is 12.0 Å². The van der Waals surface area contributed by atoms with Crippen molar-refractivity contribution in [1.29, 1.82) is 0 Å². The monoisotopic (exact) mass is 323 g/mol. The molecule has 1 aromatic carbocycles. The van der Waals surface area contributed by atoms with Gasteiger partial charge in [-0.2, -0.15) is 0 Å². The molecule has 1 nitrogen and oxygen atoms in total. The van der Waals surface area contributed by atoms with Gasteiger partial charge in [-0.25, -0.2) is 0 Å². The maximum atomic E-state index is 3.73. The lowest BCUT2D eigenvalue weighted by atomic mass is 9.76. The van der Waals surface area contributed by atoms with E-state index in [1.807, 2.05) is 0 Å². The number of rotatable bonds is 5. The van der Waals surface area contributed by atoms with Crippen molar-refractivity contribution >= 4 is 15.9 Å². The summed E-state index contributed by atoms with van der Waals surface area (Å²) >= 11 is 3.51. The van der Waals surface area contributed by atoms with Gasteiger partial charge >= 0.3 is 0 Å². The van der Waals surface area contributed by atoms with Gasteiger partial charge in [0.15, 0.2) is 0 Å². The van der Waals surface area contributed by atoms with Crippen molar-refractivity contribution in [3.05, 3.63) is 34.3 Å². The van der Waals surface area contributed by atoms with Gasteiger partial charge in [-0.15, -0.1) is 0 Å². The Morgan fingerprint density at radius 1 is 1.32 bits per heavy atom. The lowest BCUT2D eigenvalue weighted by Gasteiger charge is -2.35. The average Bonchev–Trinajstić information content (AvgIpc) is 2.71. The number of benzene rings is 1. The summed E-state index contributed by atoms with van der Waals surface area (Å²) in [5.41, 5.74) is 1.93. The summed E-state index contributed by atoms with van der Waals surface area (Å²) in [5.74, 6) is 0.802. The number of hydrogen-bond acceptors (Lipinski definition) is 1. The van der Waals surface area contributed by atoms with Gasteiger partial charge in [0.05, 0.1) is 0 Å². The SMILES string of the molecule is CCNC(Cc1ccc(Br)cc1)C1CCCC1(C)C. The first-order valence-electron chi connectivity index (χ1n) is 7.51. The summed E-state index contributed by atoms with van der Waals surface area (Å²) in [6.45, 7) is 8.16. The minimum Gasteiger partial charge on any atom is -0.314 e. The van der Waals surface area contributed by atoms with E-state index in [0.29, 0.717) is 11.5 Å². The van der Waals surface area contributed by atoms with Gasteiger partial charge < -0.3 is 5.32 Å². The van der Waals surface area contributed by atoms with E-state index in [0.717, 1.165) is 23.4 Å². The predicted octanol–water partition coefficient (Wildman–Crippen LogP) is 4.80. The first-order valence-corrected chi connectivity index (χ1v) is 8.30. The molecule has 1 aromatic rings. The minimum absolute atomic E-state index is 0.488. The highest BCUT2D eigenvalue weighted by Gasteiger charge is 2.38. The van der Waals surface area contributed by atoms with Crippen molar-refractivity contribution in [3.8, 4) is 0 Å². The highest BCUT2D eigenvalue weighted by Crippen LogP contribution is 2.44. The highest BCUT2D eigenvalue weighted by atomic mass is 79.9. The minimum atomic E-state index is 0.488. The molecule has 1 aliphatic carbocycles. The van der Waals surface area contributed by atoms with Gasteiger partial charge in [0.1, 0.15) is 0 Å². The van der Waals surface area contributed by atoms with Crippen LogP contribution >= 0.6 is 15.9 Å². The molecule has 2 unspecified atom stereocenters. The molecule has 106 valence electrons. The van der Waals surface area contributed by atoms with Crippen LogP contribution in [0.15, 0.2) is 28.7 Å². The Kier molecular flexibility index (Phi) is 5.08. The Bertz CT molecular complexity index is 396. The van der Waals surface area contributed by atoms with Crippen LogP contribution in [-0.2, 0) is 6.42 Å². The van der Waals surface area contributed by atoms with E-state index >= 15 is 0 Å². The Hall–Kier alpha value is -0.340. The Morgan fingerprint density at radius 2 is 2.00 bits per heavy atom. The Morgan fingerprint density at radius 3 is 2.53 bits per heavy atom. The number of hydrogen-bond donors (Lipinski definition) is 1.